The Bertz CT molecular complexity index is 715. The van der Waals surface area contributed by atoms with Gasteiger partial charge in [-0.25, -0.2) is 8.42 Å². The fourth-order valence-corrected chi connectivity index (χ4v) is 3.87. The zero-order valence-corrected chi connectivity index (χ0v) is 13.4. The van der Waals surface area contributed by atoms with E-state index in [9.17, 15) is 23.1 Å². The highest BCUT2D eigenvalue weighted by molar-refractivity contribution is 7.89. The fraction of sp³-hybridized carbons (Fsp3) is 0.538. The first-order valence-corrected chi connectivity index (χ1v) is 8.16. The SMILES string of the molecule is Cc1c(S(=O)(=O)NC2(C(=O)O)CCC2)coc1C(=O)N(C)C. The van der Waals surface area contributed by atoms with E-state index < -0.39 is 27.4 Å². The summed E-state index contributed by atoms with van der Waals surface area (Å²) in [6.45, 7) is 1.45. The Morgan fingerprint density at radius 1 is 1.36 bits per heavy atom. The first-order valence-electron chi connectivity index (χ1n) is 6.68. The molecule has 1 aromatic rings. The van der Waals surface area contributed by atoms with Gasteiger partial charge in [0.05, 0.1) is 0 Å². The molecule has 1 heterocycles. The molecular formula is C13H18N2O6S. The zero-order valence-electron chi connectivity index (χ0n) is 12.5. The Balaban J connectivity index is 2.35. The molecule has 1 aliphatic rings. The molecule has 0 atom stereocenters. The van der Waals surface area contributed by atoms with Gasteiger partial charge in [-0.1, -0.05) is 0 Å². The number of carbonyl (C=O) groups is 2. The molecule has 0 radical (unpaired) electrons. The predicted molar refractivity (Wildman–Crippen MR) is 76.0 cm³/mol. The van der Waals surface area contributed by atoms with E-state index in [0.717, 1.165) is 6.26 Å². The molecule has 1 aromatic heterocycles. The van der Waals surface area contributed by atoms with Crippen LogP contribution in [0.5, 0.6) is 0 Å². The number of hydrogen-bond acceptors (Lipinski definition) is 5. The van der Waals surface area contributed by atoms with Crippen LogP contribution in [0, 0.1) is 6.92 Å². The number of carbonyl (C=O) groups excluding carboxylic acids is 1. The van der Waals surface area contributed by atoms with E-state index in [1.54, 1.807) is 0 Å². The van der Waals surface area contributed by atoms with Crippen LogP contribution in [0.2, 0.25) is 0 Å². The molecule has 0 bridgehead atoms. The van der Waals surface area contributed by atoms with Gasteiger partial charge in [0.2, 0.25) is 10.0 Å². The van der Waals surface area contributed by atoms with Crippen molar-refractivity contribution in [2.45, 2.75) is 36.6 Å². The van der Waals surface area contributed by atoms with Gasteiger partial charge in [0.1, 0.15) is 16.7 Å². The van der Waals surface area contributed by atoms with Crippen molar-refractivity contribution in [3.05, 3.63) is 17.6 Å². The summed E-state index contributed by atoms with van der Waals surface area (Å²) in [5.41, 5.74) is -1.31. The maximum Gasteiger partial charge on any atom is 0.324 e. The summed E-state index contributed by atoms with van der Waals surface area (Å²) in [5.74, 6) is -1.74. The molecule has 0 unspecified atom stereocenters. The van der Waals surface area contributed by atoms with E-state index >= 15 is 0 Å². The van der Waals surface area contributed by atoms with Gasteiger partial charge >= 0.3 is 5.97 Å². The lowest BCUT2D eigenvalue weighted by Gasteiger charge is -2.37. The monoisotopic (exact) mass is 330 g/mol. The van der Waals surface area contributed by atoms with Gasteiger partial charge in [0.25, 0.3) is 5.91 Å². The summed E-state index contributed by atoms with van der Waals surface area (Å²) in [6.07, 6.45) is 2.08. The van der Waals surface area contributed by atoms with Crippen molar-refractivity contribution in [3.8, 4) is 0 Å². The molecule has 8 nitrogen and oxygen atoms in total. The molecule has 0 aromatic carbocycles. The van der Waals surface area contributed by atoms with Crippen molar-refractivity contribution in [3.63, 3.8) is 0 Å². The molecule has 0 aliphatic heterocycles. The lowest BCUT2D eigenvalue weighted by Crippen LogP contribution is -2.58. The second-order valence-electron chi connectivity index (χ2n) is 5.60. The molecule has 1 saturated carbocycles. The highest BCUT2D eigenvalue weighted by atomic mass is 32.2. The van der Waals surface area contributed by atoms with E-state index in [1.165, 1.54) is 25.9 Å². The van der Waals surface area contributed by atoms with Crippen molar-refractivity contribution < 1.29 is 27.5 Å². The first kappa shape index (κ1) is 16.5. The molecule has 1 fully saturated rings. The number of amides is 1. The molecule has 0 saturated heterocycles. The quantitative estimate of drug-likeness (QED) is 0.815. The van der Waals surface area contributed by atoms with Crippen LogP contribution in [0.3, 0.4) is 0 Å². The standard InChI is InChI=1S/C13H18N2O6S/c1-8-9(7-21-10(8)11(16)15(2)3)22(19,20)14-13(12(17)18)5-4-6-13/h7,14H,4-6H2,1-3H3,(H,17,18). The van der Waals surface area contributed by atoms with Crippen molar-refractivity contribution in [1.29, 1.82) is 0 Å². The minimum absolute atomic E-state index is 0.0802. The van der Waals surface area contributed by atoms with E-state index in [2.05, 4.69) is 4.72 Å². The Hall–Kier alpha value is -1.87. The van der Waals surface area contributed by atoms with Crippen molar-refractivity contribution in [2.24, 2.45) is 0 Å². The third-order valence-electron chi connectivity index (χ3n) is 3.83. The predicted octanol–water partition coefficient (Wildman–Crippen LogP) is 0.575. The summed E-state index contributed by atoms with van der Waals surface area (Å²) >= 11 is 0. The Morgan fingerprint density at radius 2 is 1.95 bits per heavy atom. The Labute approximate surface area is 128 Å². The van der Waals surface area contributed by atoms with E-state index in [4.69, 9.17) is 4.42 Å². The second-order valence-corrected chi connectivity index (χ2v) is 7.25. The van der Waals surface area contributed by atoms with Crippen molar-refractivity contribution >= 4 is 21.9 Å². The molecular weight excluding hydrogens is 312 g/mol. The minimum Gasteiger partial charge on any atom is -0.480 e. The summed E-state index contributed by atoms with van der Waals surface area (Å²) in [6, 6.07) is 0. The van der Waals surface area contributed by atoms with Gasteiger partial charge in [0, 0.05) is 19.7 Å². The van der Waals surface area contributed by atoms with Crippen LogP contribution in [0.1, 0.15) is 35.4 Å². The number of furan rings is 1. The molecule has 22 heavy (non-hydrogen) atoms. The normalized spacial score (nSPS) is 16.9. The fourth-order valence-electron chi connectivity index (χ4n) is 2.28. The number of carboxylic acid groups (broad SMARTS) is 1. The van der Waals surface area contributed by atoms with E-state index in [0.29, 0.717) is 6.42 Å². The van der Waals surface area contributed by atoms with E-state index in [-0.39, 0.29) is 29.1 Å². The number of carboxylic acids is 1. The number of hydrogen-bond donors (Lipinski definition) is 2. The van der Waals surface area contributed by atoms with Gasteiger partial charge < -0.3 is 14.4 Å². The van der Waals surface area contributed by atoms with Crippen LogP contribution in [0.15, 0.2) is 15.6 Å². The molecule has 2 N–H and O–H groups in total. The number of nitrogens with one attached hydrogen (secondary N) is 1. The molecule has 9 heteroatoms. The number of aliphatic carboxylic acids is 1. The van der Waals surface area contributed by atoms with Crippen molar-refractivity contribution in [2.75, 3.05) is 14.1 Å². The summed E-state index contributed by atoms with van der Waals surface area (Å²) in [5, 5.41) is 9.22. The first-order chi connectivity index (χ1) is 10.1. The average molecular weight is 330 g/mol. The highest BCUT2D eigenvalue weighted by Gasteiger charge is 2.48. The van der Waals surface area contributed by atoms with Gasteiger partial charge in [0.15, 0.2) is 5.76 Å². The van der Waals surface area contributed by atoms with Crippen LogP contribution in [0.4, 0.5) is 0 Å². The summed E-state index contributed by atoms with van der Waals surface area (Å²) < 4.78 is 32.1. The Kier molecular flexibility index (Phi) is 4.05. The van der Waals surface area contributed by atoms with E-state index in [1.807, 2.05) is 0 Å². The van der Waals surface area contributed by atoms with Gasteiger partial charge in [-0.05, 0) is 26.2 Å². The lowest BCUT2D eigenvalue weighted by molar-refractivity contribution is -0.147. The summed E-state index contributed by atoms with van der Waals surface area (Å²) in [4.78, 5) is 24.2. The maximum atomic E-state index is 12.4. The van der Waals surface area contributed by atoms with Crippen LogP contribution >= 0.6 is 0 Å². The molecule has 2 rings (SSSR count). The van der Waals surface area contributed by atoms with Crippen LogP contribution in [-0.4, -0.2) is 49.9 Å². The largest absolute Gasteiger partial charge is 0.480 e. The van der Waals surface area contributed by atoms with Gasteiger partial charge in [-0.2, -0.15) is 4.72 Å². The van der Waals surface area contributed by atoms with Crippen molar-refractivity contribution in [1.82, 2.24) is 9.62 Å². The number of sulfonamides is 1. The lowest BCUT2D eigenvalue weighted by atomic mass is 9.78. The average Bonchev–Trinajstić information content (AvgIpc) is 2.75. The molecule has 0 spiro atoms. The van der Waals surface area contributed by atoms with Crippen LogP contribution in [0.25, 0.3) is 0 Å². The summed E-state index contributed by atoms with van der Waals surface area (Å²) in [7, 11) is -1.05. The molecule has 1 aliphatic carbocycles. The third kappa shape index (κ3) is 2.61. The number of rotatable bonds is 5. The topological polar surface area (TPSA) is 117 Å². The van der Waals surface area contributed by atoms with Crippen LogP contribution in [-0.2, 0) is 14.8 Å². The zero-order chi connectivity index (χ0) is 16.7. The smallest absolute Gasteiger partial charge is 0.324 e. The number of nitrogens with zero attached hydrogens (tertiary/aromatic N) is 1. The third-order valence-corrected chi connectivity index (χ3v) is 5.47. The van der Waals surface area contributed by atoms with Gasteiger partial charge in [-0.3, -0.25) is 9.59 Å². The van der Waals surface area contributed by atoms with Gasteiger partial charge in [-0.15, -0.1) is 0 Å². The maximum absolute atomic E-state index is 12.4. The Morgan fingerprint density at radius 3 is 2.36 bits per heavy atom. The minimum atomic E-state index is -4.09. The molecule has 1 amide bonds. The highest BCUT2D eigenvalue weighted by Crippen LogP contribution is 2.34. The molecule has 122 valence electrons. The second kappa shape index (κ2) is 5.40. The van der Waals surface area contributed by atoms with Crippen LogP contribution < -0.4 is 4.72 Å².